The number of nitrogens with one attached hydrogen (secondary N) is 3. The minimum atomic E-state index is -0.250. The van der Waals surface area contributed by atoms with Crippen LogP contribution in [-0.2, 0) is 4.79 Å². The number of carbonyl (C=O) groups is 2. The number of rotatable bonds is 6. The Morgan fingerprint density at radius 3 is 2.59 bits per heavy atom. The van der Waals surface area contributed by atoms with Gasteiger partial charge in [-0.05, 0) is 48.6 Å². The zero-order valence-electron chi connectivity index (χ0n) is 16.9. The fourth-order valence-electron chi connectivity index (χ4n) is 3.56. The largest absolute Gasteiger partial charge is 0.342 e. The molecule has 1 heterocycles. The fraction of sp³-hybridized carbons (Fsp3) is 0.348. The van der Waals surface area contributed by atoms with Gasteiger partial charge in [0.15, 0.2) is 0 Å². The van der Waals surface area contributed by atoms with E-state index in [1.807, 2.05) is 38.1 Å². The minimum absolute atomic E-state index is 0.0254. The number of carbonyl (C=O) groups excluding carboxylic acids is 2. The maximum absolute atomic E-state index is 12.9. The van der Waals surface area contributed by atoms with Crippen LogP contribution in [0.15, 0.2) is 48.5 Å². The van der Waals surface area contributed by atoms with Gasteiger partial charge in [-0.25, -0.2) is 4.98 Å². The third-order valence-corrected chi connectivity index (χ3v) is 5.49. The monoisotopic (exact) mass is 390 g/mol. The summed E-state index contributed by atoms with van der Waals surface area (Å²) in [6.45, 7) is 6.16. The van der Waals surface area contributed by atoms with Crippen molar-refractivity contribution in [3.8, 4) is 0 Å². The molecule has 1 saturated carbocycles. The lowest BCUT2D eigenvalue weighted by Crippen LogP contribution is -2.32. The molecule has 3 N–H and O–H groups in total. The highest BCUT2D eigenvalue weighted by Crippen LogP contribution is 2.38. The summed E-state index contributed by atoms with van der Waals surface area (Å²) in [5, 5.41) is 6.00. The first-order valence-corrected chi connectivity index (χ1v) is 10.1. The highest BCUT2D eigenvalue weighted by atomic mass is 16.2. The fourth-order valence-corrected chi connectivity index (χ4v) is 3.56. The van der Waals surface area contributed by atoms with E-state index in [-0.39, 0.29) is 29.7 Å². The third kappa shape index (κ3) is 4.16. The Morgan fingerprint density at radius 2 is 1.90 bits per heavy atom. The van der Waals surface area contributed by atoms with Crippen LogP contribution in [0.5, 0.6) is 0 Å². The second kappa shape index (κ2) is 7.70. The van der Waals surface area contributed by atoms with Crippen LogP contribution in [0.4, 0.5) is 5.69 Å². The van der Waals surface area contributed by atoms with Crippen molar-refractivity contribution in [2.75, 3.05) is 5.32 Å². The molecule has 0 aliphatic heterocycles. The maximum Gasteiger partial charge on any atom is 0.251 e. The number of amides is 2. The second-order valence-electron chi connectivity index (χ2n) is 8.22. The van der Waals surface area contributed by atoms with Gasteiger partial charge in [0.2, 0.25) is 5.91 Å². The summed E-state index contributed by atoms with van der Waals surface area (Å²) in [6.07, 6.45) is 0.930. The van der Waals surface area contributed by atoms with E-state index >= 15 is 0 Å². The van der Waals surface area contributed by atoms with Gasteiger partial charge in [-0.1, -0.05) is 39.0 Å². The molecule has 1 fully saturated rings. The van der Waals surface area contributed by atoms with Crippen molar-refractivity contribution in [1.29, 1.82) is 0 Å². The number of aromatic nitrogens is 2. The Morgan fingerprint density at radius 1 is 1.14 bits per heavy atom. The molecule has 2 aromatic carbocycles. The molecule has 0 spiro atoms. The normalized spacial score (nSPS) is 19.2. The van der Waals surface area contributed by atoms with Gasteiger partial charge in [-0.2, -0.15) is 0 Å². The molecule has 0 bridgehead atoms. The molecule has 1 aliphatic carbocycles. The lowest BCUT2D eigenvalue weighted by molar-refractivity contribution is -0.117. The van der Waals surface area contributed by atoms with E-state index in [4.69, 9.17) is 0 Å². The molecule has 1 aliphatic rings. The standard InChI is InChI=1S/C23H26N4O2/c1-13(2)20(21-25-18-9-4-5-10-19(18)26-21)27-22(28)15-7-6-8-16(12-15)24-23(29)17-11-14(17)3/h4-10,12-14,17,20H,11H2,1-3H3,(H,24,29)(H,25,26)(H,27,28)/t14-,17-,20-/m0/s1. The maximum atomic E-state index is 12.9. The van der Waals surface area contributed by atoms with Gasteiger partial charge in [-0.3, -0.25) is 9.59 Å². The van der Waals surface area contributed by atoms with Crippen LogP contribution >= 0.6 is 0 Å². The minimum Gasteiger partial charge on any atom is -0.342 e. The van der Waals surface area contributed by atoms with E-state index in [9.17, 15) is 9.59 Å². The van der Waals surface area contributed by atoms with E-state index < -0.39 is 0 Å². The van der Waals surface area contributed by atoms with Crippen LogP contribution < -0.4 is 10.6 Å². The molecule has 0 radical (unpaired) electrons. The molecule has 3 atom stereocenters. The van der Waals surface area contributed by atoms with Crippen LogP contribution in [0, 0.1) is 17.8 Å². The second-order valence-corrected chi connectivity index (χ2v) is 8.22. The predicted octanol–water partition coefficient (Wildman–Crippen LogP) is 4.28. The average Bonchev–Trinajstić information content (AvgIpc) is 3.28. The van der Waals surface area contributed by atoms with Gasteiger partial charge in [-0.15, -0.1) is 0 Å². The summed E-state index contributed by atoms with van der Waals surface area (Å²) in [6, 6.07) is 14.6. The molecule has 0 unspecified atom stereocenters. The van der Waals surface area contributed by atoms with Crippen LogP contribution in [0.25, 0.3) is 11.0 Å². The van der Waals surface area contributed by atoms with Crippen molar-refractivity contribution < 1.29 is 9.59 Å². The Kier molecular flexibility index (Phi) is 5.09. The average molecular weight is 390 g/mol. The summed E-state index contributed by atoms with van der Waals surface area (Å²) in [5.41, 5.74) is 2.97. The molecule has 3 aromatic rings. The number of para-hydroxylation sites is 2. The quantitative estimate of drug-likeness (QED) is 0.587. The Balaban J connectivity index is 1.50. The number of imidazole rings is 1. The zero-order chi connectivity index (χ0) is 20.5. The number of aromatic amines is 1. The van der Waals surface area contributed by atoms with E-state index in [1.54, 1.807) is 24.3 Å². The zero-order valence-corrected chi connectivity index (χ0v) is 16.9. The SMILES string of the molecule is CC(C)[C@H](NC(=O)c1cccc(NC(=O)[C@H]2C[C@@H]2C)c1)c1nc2ccccc2[nH]1. The van der Waals surface area contributed by atoms with Crippen LogP contribution in [0.2, 0.25) is 0 Å². The van der Waals surface area contributed by atoms with Crippen molar-refractivity contribution in [3.63, 3.8) is 0 Å². The molecule has 1 aromatic heterocycles. The van der Waals surface area contributed by atoms with Crippen LogP contribution in [0.1, 0.15) is 49.4 Å². The molecule has 0 saturated heterocycles. The summed E-state index contributed by atoms with van der Waals surface area (Å²) in [4.78, 5) is 33.1. The Labute approximate surface area is 170 Å². The summed E-state index contributed by atoms with van der Waals surface area (Å²) >= 11 is 0. The third-order valence-electron chi connectivity index (χ3n) is 5.49. The lowest BCUT2D eigenvalue weighted by atomic mass is 10.0. The van der Waals surface area contributed by atoms with Gasteiger partial charge in [0.1, 0.15) is 5.82 Å². The van der Waals surface area contributed by atoms with Crippen molar-refractivity contribution in [2.24, 2.45) is 17.8 Å². The van der Waals surface area contributed by atoms with Crippen molar-refractivity contribution in [3.05, 3.63) is 59.9 Å². The number of fused-ring (bicyclic) bond motifs is 1. The van der Waals surface area contributed by atoms with E-state index in [2.05, 4.69) is 27.5 Å². The Hall–Kier alpha value is -3.15. The van der Waals surface area contributed by atoms with Gasteiger partial charge in [0.05, 0.1) is 17.1 Å². The number of H-pyrrole nitrogens is 1. The molecule has 6 nitrogen and oxygen atoms in total. The van der Waals surface area contributed by atoms with Crippen LogP contribution in [-0.4, -0.2) is 21.8 Å². The molecule has 29 heavy (non-hydrogen) atoms. The predicted molar refractivity (Wildman–Crippen MR) is 113 cm³/mol. The van der Waals surface area contributed by atoms with Gasteiger partial charge >= 0.3 is 0 Å². The molecule has 4 rings (SSSR count). The summed E-state index contributed by atoms with van der Waals surface area (Å²) in [5.74, 6) is 1.25. The van der Waals surface area contributed by atoms with E-state index in [0.29, 0.717) is 17.2 Å². The highest BCUT2D eigenvalue weighted by Gasteiger charge is 2.39. The topological polar surface area (TPSA) is 86.9 Å². The first kappa shape index (κ1) is 19.2. The number of anilines is 1. The van der Waals surface area contributed by atoms with Crippen molar-refractivity contribution in [2.45, 2.75) is 33.2 Å². The molecule has 150 valence electrons. The molecular formula is C23H26N4O2. The van der Waals surface area contributed by atoms with E-state index in [1.165, 1.54) is 0 Å². The molecular weight excluding hydrogens is 364 g/mol. The number of nitrogens with zero attached hydrogens (tertiary/aromatic N) is 1. The van der Waals surface area contributed by atoms with Crippen molar-refractivity contribution >= 4 is 28.5 Å². The smallest absolute Gasteiger partial charge is 0.251 e. The van der Waals surface area contributed by atoms with Crippen LogP contribution in [0.3, 0.4) is 0 Å². The number of hydrogen-bond acceptors (Lipinski definition) is 3. The molecule has 2 amide bonds. The summed E-state index contributed by atoms with van der Waals surface area (Å²) < 4.78 is 0. The number of hydrogen-bond donors (Lipinski definition) is 3. The first-order valence-electron chi connectivity index (χ1n) is 10.1. The first-order chi connectivity index (χ1) is 13.9. The Bertz CT molecular complexity index is 1020. The lowest BCUT2D eigenvalue weighted by Gasteiger charge is -2.20. The van der Waals surface area contributed by atoms with E-state index in [0.717, 1.165) is 23.3 Å². The van der Waals surface area contributed by atoms with Crippen molar-refractivity contribution in [1.82, 2.24) is 15.3 Å². The molecule has 6 heteroatoms. The van der Waals surface area contributed by atoms with Gasteiger partial charge in [0, 0.05) is 17.2 Å². The summed E-state index contributed by atoms with van der Waals surface area (Å²) in [7, 11) is 0. The van der Waals surface area contributed by atoms with Gasteiger partial charge < -0.3 is 15.6 Å². The van der Waals surface area contributed by atoms with Gasteiger partial charge in [0.25, 0.3) is 5.91 Å². The highest BCUT2D eigenvalue weighted by molar-refractivity contribution is 5.98. The number of benzene rings is 2.